The number of amides is 1. The maximum Gasteiger partial charge on any atom is 0.360 e. The second kappa shape index (κ2) is 5.91. The summed E-state index contributed by atoms with van der Waals surface area (Å²) in [5.74, 6) is -0.695. The number of nitrogens with zero attached hydrogens (tertiary/aromatic N) is 3. The third kappa shape index (κ3) is 2.74. The molecule has 8 heteroatoms. The Balaban J connectivity index is 2.14. The van der Waals surface area contributed by atoms with Crippen LogP contribution in [0.15, 0.2) is 6.20 Å². The number of morpholine rings is 1. The fourth-order valence-corrected chi connectivity index (χ4v) is 2.02. The molecule has 1 unspecified atom stereocenters. The summed E-state index contributed by atoms with van der Waals surface area (Å²) in [6.45, 7) is 3.90. The number of rotatable bonds is 3. The molecular weight excluding hydrogens is 264 g/mol. The number of carbonyl (C=O) groups excluding carboxylic acids is 2. The van der Waals surface area contributed by atoms with Crippen molar-refractivity contribution in [2.75, 3.05) is 39.1 Å². The lowest BCUT2D eigenvalue weighted by Gasteiger charge is -2.29. The van der Waals surface area contributed by atoms with Crippen LogP contribution in [0.2, 0.25) is 0 Å². The summed E-state index contributed by atoms with van der Waals surface area (Å²) in [6, 6.07) is -0.534. The zero-order valence-electron chi connectivity index (χ0n) is 11.5. The summed E-state index contributed by atoms with van der Waals surface area (Å²) in [5.41, 5.74) is 5.92. The van der Waals surface area contributed by atoms with E-state index in [0.717, 1.165) is 0 Å². The maximum absolute atomic E-state index is 12.3. The number of anilines is 1. The van der Waals surface area contributed by atoms with E-state index in [-0.39, 0.29) is 17.3 Å². The highest BCUT2D eigenvalue weighted by molar-refractivity contribution is 5.92. The van der Waals surface area contributed by atoms with Gasteiger partial charge in [0.1, 0.15) is 6.04 Å². The first-order valence-corrected chi connectivity index (χ1v) is 6.34. The van der Waals surface area contributed by atoms with Gasteiger partial charge in [0.25, 0.3) is 0 Å². The van der Waals surface area contributed by atoms with Gasteiger partial charge in [-0.2, -0.15) is 5.10 Å². The standard InChI is InChI=1S/C12H18N4O4/c1-8(11(17)15-3-5-20-6-4-15)16-7-9(13)10(14-16)12(18)19-2/h7-8H,3-6,13H2,1-2H3. The quantitative estimate of drug-likeness (QED) is 0.762. The highest BCUT2D eigenvalue weighted by atomic mass is 16.5. The predicted octanol–water partition coefficient (Wildman–Crippen LogP) is -0.328. The molecule has 1 aliphatic rings. The first-order chi connectivity index (χ1) is 9.54. The Morgan fingerprint density at radius 2 is 2.10 bits per heavy atom. The second-order valence-electron chi connectivity index (χ2n) is 4.52. The summed E-state index contributed by atoms with van der Waals surface area (Å²) >= 11 is 0. The predicted molar refractivity (Wildman–Crippen MR) is 70.1 cm³/mol. The molecule has 8 nitrogen and oxygen atoms in total. The van der Waals surface area contributed by atoms with Crippen LogP contribution in [0.3, 0.4) is 0 Å². The molecule has 0 radical (unpaired) electrons. The van der Waals surface area contributed by atoms with Gasteiger partial charge in [-0.05, 0) is 6.92 Å². The first kappa shape index (κ1) is 14.3. The van der Waals surface area contributed by atoms with Crippen LogP contribution in [-0.2, 0) is 14.3 Å². The number of methoxy groups -OCH3 is 1. The van der Waals surface area contributed by atoms with Gasteiger partial charge in [0.05, 0.1) is 26.0 Å². The molecule has 1 aromatic heterocycles. The van der Waals surface area contributed by atoms with Crippen molar-refractivity contribution in [3.63, 3.8) is 0 Å². The van der Waals surface area contributed by atoms with Crippen LogP contribution in [0.25, 0.3) is 0 Å². The molecule has 1 aliphatic heterocycles. The van der Waals surface area contributed by atoms with Gasteiger partial charge in [0.15, 0.2) is 5.69 Å². The molecule has 0 saturated carbocycles. The van der Waals surface area contributed by atoms with E-state index in [1.54, 1.807) is 11.8 Å². The van der Waals surface area contributed by atoms with Crippen molar-refractivity contribution >= 4 is 17.6 Å². The molecule has 20 heavy (non-hydrogen) atoms. The average molecular weight is 282 g/mol. The highest BCUT2D eigenvalue weighted by Crippen LogP contribution is 2.16. The Labute approximate surface area is 116 Å². The Bertz CT molecular complexity index is 508. The summed E-state index contributed by atoms with van der Waals surface area (Å²) in [4.78, 5) is 25.5. The molecule has 1 fully saturated rings. The molecule has 110 valence electrons. The van der Waals surface area contributed by atoms with Crippen molar-refractivity contribution in [2.45, 2.75) is 13.0 Å². The smallest absolute Gasteiger partial charge is 0.360 e. The Kier molecular flexibility index (Phi) is 4.23. The lowest BCUT2D eigenvalue weighted by Crippen LogP contribution is -2.43. The SMILES string of the molecule is COC(=O)c1nn(C(C)C(=O)N2CCOCC2)cc1N. The molecule has 0 bridgehead atoms. The van der Waals surface area contributed by atoms with Gasteiger partial charge in [0.2, 0.25) is 5.91 Å². The van der Waals surface area contributed by atoms with Crippen LogP contribution in [0.4, 0.5) is 5.69 Å². The Hall–Kier alpha value is -2.09. The molecule has 1 aromatic rings. The van der Waals surface area contributed by atoms with Crippen LogP contribution in [0, 0.1) is 0 Å². The van der Waals surface area contributed by atoms with Crippen LogP contribution >= 0.6 is 0 Å². The topological polar surface area (TPSA) is 99.7 Å². The van der Waals surface area contributed by atoms with Crippen molar-refractivity contribution in [3.8, 4) is 0 Å². The number of ether oxygens (including phenoxy) is 2. The van der Waals surface area contributed by atoms with Crippen LogP contribution < -0.4 is 5.73 Å². The van der Waals surface area contributed by atoms with Crippen molar-refractivity contribution in [3.05, 3.63) is 11.9 Å². The molecular formula is C12H18N4O4. The maximum atomic E-state index is 12.3. The molecule has 2 N–H and O–H groups in total. The van der Waals surface area contributed by atoms with Crippen LogP contribution in [-0.4, -0.2) is 60.0 Å². The minimum absolute atomic E-state index is 0.0223. The molecule has 1 atom stereocenters. The number of esters is 1. The van der Waals surface area contributed by atoms with Crippen molar-refractivity contribution in [2.24, 2.45) is 0 Å². The minimum Gasteiger partial charge on any atom is -0.464 e. The van der Waals surface area contributed by atoms with E-state index in [9.17, 15) is 9.59 Å². The Morgan fingerprint density at radius 3 is 2.70 bits per heavy atom. The van der Waals surface area contributed by atoms with E-state index in [0.29, 0.717) is 26.3 Å². The number of carbonyl (C=O) groups is 2. The van der Waals surface area contributed by atoms with Crippen LogP contribution in [0.5, 0.6) is 0 Å². The third-order valence-electron chi connectivity index (χ3n) is 3.22. The van der Waals surface area contributed by atoms with Gasteiger partial charge in [-0.25, -0.2) is 4.79 Å². The summed E-state index contributed by atoms with van der Waals surface area (Å²) < 4.78 is 11.2. The molecule has 2 rings (SSSR count). The van der Waals surface area contributed by atoms with E-state index in [1.165, 1.54) is 18.0 Å². The molecule has 1 amide bonds. The monoisotopic (exact) mass is 282 g/mol. The summed E-state index contributed by atoms with van der Waals surface area (Å²) in [6.07, 6.45) is 1.47. The Morgan fingerprint density at radius 1 is 1.45 bits per heavy atom. The van der Waals surface area contributed by atoms with E-state index >= 15 is 0 Å². The van der Waals surface area contributed by atoms with Crippen molar-refractivity contribution < 1.29 is 19.1 Å². The average Bonchev–Trinajstić information content (AvgIpc) is 2.87. The summed E-state index contributed by atoms with van der Waals surface area (Å²) in [7, 11) is 1.25. The van der Waals surface area contributed by atoms with Gasteiger partial charge in [-0.3, -0.25) is 9.48 Å². The lowest BCUT2D eigenvalue weighted by atomic mass is 10.2. The molecule has 0 aromatic carbocycles. The molecule has 0 aliphatic carbocycles. The van der Waals surface area contributed by atoms with Gasteiger partial charge in [-0.1, -0.05) is 0 Å². The van der Waals surface area contributed by atoms with E-state index < -0.39 is 12.0 Å². The third-order valence-corrected chi connectivity index (χ3v) is 3.22. The molecule has 0 spiro atoms. The normalized spacial score (nSPS) is 16.8. The largest absolute Gasteiger partial charge is 0.464 e. The van der Waals surface area contributed by atoms with Gasteiger partial charge < -0.3 is 20.1 Å². The van der Waals surface area contributed by atoms with E-state index in [2.05, 4.69) is 9.84 Å². The minimum atomic E-state index is -0.618. The van der Waals surface area contributed by atoms with E-state index in [1.807, 2.05) is 0 Å². The molecule has 1 saturated heterocycles. The zero-order valence-corrected chi connectivity index (χ0v) is 11.5. The highest BCUT2D eigenvalue weighted by Gasteiger charge is 2.26. The number of hydrogen-bond acceptors (Lipinski definition) is 6. The lowest BCUT2D eigenvalue weighted by molar-refractivity contribution is -0.138. The summed E-state index contributed by atoms with van der Waals surface area (Å²) in [5, 5.41) is 4.03. The number of nitrogen functional groups attached to an aromatic ring is 1. The van der Waals surface area contributed by atoms with Crippen LogP contribution in [0.1, 0.15) is 23.5 Å². The van der Waals surface area contributed by atoms with Gasteiger partial charge in [0, 0.05) is 19.3 Å². The first-order valence-electron chi connectivity index (χ1n) is 6.34. The second-order valence-corrected chi connectivity index (χ2v) is 4.52. The van der Waals surface area contributed by atoms with Crippen molar-refractivity contribution in [1.29, 1.82) is 0 Å². The number of hydrogen-bond donors (Lipinski definition) is 1. The number of nitrogens with two attached hydrogens (primary N) is 1. The van der Waals surface area contributed by atoms with E-state index in [4.69, 9.17) is 10.5 Å². The fourth-order valence-electron chi connectivity index (χ4n) is 2.02. The van der Waals surface area contributed by atoms with Crippen molar-refractivity contribution in [1.82, 2.24) is 14.7 Å². The fraction of sp³-hybridized carbons (Fsp3) is 0.583. The number of aromatic nitrogens is 2. The molecule has 2 heterocycles. The van der Waals surface area contributed by atoms with Gasteiger partial charge >= 0.3 is 5.97 Å². The zero-order chi connectivity index (χ0) is 14.7. The van der Waals surface area contributed by atoms with Gasteiger partial charge in [-0.15, -0.1) is 0 Å².